The van der Waals surface area contributed by atoms with E-state index in [4.69, 9.17) is 4.74 Å². The summed E-state index contributed by atoms with van der Waals surface area (Å²) in [5.74, 6) is 0.311. The predicted octanol–water partition coefficient (Wildman–Crippen LogP) is 0.268. The van der Waals surface area contributed by atoms with E-state index in [0.29, 0.717) is 43.5 Å². The number of rotatable bonds is 6. The van der Waals surface area contributed by atoms with E-state index in [0.717, 1.165) is 13.0 Å². The van der Waals surface area contributed by atoms with Gasteiger partial charge in [0.25, 0.3) is 5.56 Å². The van der Waals surface area contributed by atoms with E-state index in [1.807, 2.05) is 4.90 Å². The van der Waals surface area contributed by atoms with Gasteiger partial charge in [-0.25, -0.2) is 4.98 Å². The highest BCUT2D eigenvalue weighted by Gasteiger charge is 2.51. The van der Waals surface area contributed by atoms with Crippen molar-refractivity contribution >= 4 is 23.6 Å². The van der Waals surface area contributed by atoms with E-state index in [1.165, 1.54) is 17.8 Å². The second-order valence-corrected chi connectivity index (χ2v) is 7.83. The van der Waals surface area contributed by atoms with Gasteiger partial charge in [-0.15, -0.1) is 0 Å². The molecule has 2 aliphatic rings. The molecule has 3 heterocycles. The highest BCUT2D eigenvalue weighted by Crippen LogP contribution is 2.40. The molecule has 3 rings (SSSR count). The fourth-order valence-electron chi connectivity index (χ4n) is 3.61. The number of aromatic nitrogens is 2. The quantitative estimate of drug-likeness (QED) is 0.562. The minimum absolute atomic E-state index is 0.0285. The normalized spacial score (nSPS) is 22.6. The summed E-state index contributed by atoms with van der Waals surface area (Å²) in [7, 11) is 1.63. The Labute approximate surface area is 156 Å². The van der Waals surface area contributed by atoms with Gasteiger partial charge in [-0.05, 0) is 19.8 Å². The van der Waals surface area contributed by atoms with Crippen LogP contribution in [0.2, 0.25) is 0 Å². The zero-order valence-corrected chi connectivity index (χ0v) is 15.9. The maximum absolute atomic E-state index is 12.7. The summed E-state index contributed by atoms with van der Waals surface area (Å²) < 4.78 is 5.06. The highest BCUT2D eigenvalue weighted by molar-refractivity contribution is 7.99. The van der Waals surface area contributed by atoms with Crippen molar-refractivity contribution in [3.05, 3.63) is 22.1 Å². The Hall–Kier alpha value is -1.87. The average Bonchev–Trinajstić information content (AvgIpc) is 3.16. The highest BCUT2D eigenvalue weighted by atomic mass is 32.2. The molecule has 0 bridgehead atoms. The van der Waals surface area contributed by atoms with Crippen molar-refractivity contribution in [2.45, 2.75) is 24.9 Å². The summed E-state index contributed by atoms with van der Waals surface area (Å²) in [6, 6.07) is 1.41. The number of aromatic amines is 1. The number of ether oxygens (including phenoxy) is 1. The van der Waals surface area contributed by atoms with Gasteiger partial charge >= 0.3 is 0 Å². The first-order chi connectivity index (χ1) is 12.4. The van der Waals surface area contributed by atoms with Crippen LogP contribution in [0.5, 0.6) is 0 Å². The maximum atomic E-state index is 12.7. The number of carbonyl (C=O) groups is 2. The number of hydrogen-bond donors (Lipinski definition) is 1. The second-order valence-electron chi connectivity index (χ2n) is 6.86. The first-order valence-corrected chi connectivity index (χ1v) is 9.69. The molecule has 0 aliphatic carbocycles. The Morgan fingerprint density at radius 3 is 2.88 bits per heavy atom. The number of nitrogens with one attached hydrogen (secondary N) is 1. The van der Waals surface area contributed by atoms with Crippen molar-refractivity contribution < 1.29 is 14.3 Å². The van der Waals surface area contributed by atoms with Crippen LogP contribution in [0.25, 0.3) is 0 Å². The second kappa shape index (κ2) is 7.79. The number of H-pyrrole nitrogens is 1. The topological polar surface area (TPSA) is 95.6 Å². The van der Waals surface area contributed by atoms with E-state index in [9.17, 15) is 14.4 Å². The molecule has 1 aromatic heterocycles. The molecule has 1 N–H and O–H groups in total. The van der Waals surface area contributed by atoms with Crippen LogP contribution in [-0.4, -0.2) is 77.2 Å². The fourth-order valence-corrected chi connectivity index (χ4v) is 4.44. The zero-order chi connectivity index (χ0) is 18.7. The number of nitrogens with zero attached hydrogens (tertiary/aromatic N) is 3. The molecule has 1 spiro atoms. The number of amides is 2. The molecule has 142 valence electrons. The molecule has 2 fully saturated rings. The van der Waals surface area contributed by atoms with E-state index in [1.54, 1.807) is 18.9 Å². The number of methoxy groups -OCH3 is 1. The van der Waals surface area contributed by atoms with Crippen LogP contribution in [0.1, 0.15) is 18.5 Å². The molecule has 2 saturated heterocycles. The molecule has 1 unspecified atom stereocenters. The minimum Gasteiger partial charge on any atom is -0.383 e. The minimum atomic E-state index is -0.427. The van der Waals surface area contributed by atoms with Gasteiger partial charge in [0.05, 0.1) is 17.8 Å². The Morgan fingerprint density at radius 2 is 2.15 bits per heavy atom. The monoisotopic (exact) mass is 380 g/mol. The largest absolute Gasteiger partial charge is 0.383 e. The van der Waals surface area contributed by atoms with Gasteiger partial charge in [-0.1, -0.05) is 11.8 Å². The Kier molecular flexibility index (Phi) is 5.67. The molecule has 2 aliphatic heterocycles. The Bertz CT molecular complexity index is 753. The summed E-state index contributed by atoms with van der Waals surface area (Å²) in [5, 5.41) is 0.444. The zero-order valence-electron chi connectivity index (χ0n) is 15.1. The lowest BCUT2D eigenvalue weighted by molar-refractivity contribution is -0.136. The van der Waals surface area contributed by atoms with Gasteiger partial charge in [0.15, 0.2) is 5.16 Å². The molecule has 8 nitrogen and oxygen atoms in total. The number of carbonyl (C=O) groups excluding carboxylic acids is 2. The van der Waals surface area contributed by atoms with E-state index < -0.39 is 5.41 Å². The molecular formula is C17H24N4O4S. The molecule has 9 heteroatoms. The Balaban J connectivity index is 1.56. The molecule has 1 aromatic rings. The maximum Gasteiger partial charge on any atom is 0.251 e. The van der Waals surface area contributed by atoms with Crippen LogP contribution in [-0.2, 0) is 14.3 Å². The van der Waals surface area contributed by atoms with E-state index in [-0.39, 0.29) is 23.1 Å². The molecule has 0 radical (unpaired) electrons. The smallest absolute Gasteiger partial charge is 0.251 e. The molecule has 26 heavy (non-hydrogen) atoms. The Morgan fingerprint density at radius 1 is 1.38 bits per heavy atom. The third kappa shape index (κ3) is 3.93. The lowest BCUT2D eigenvalue weighted by atomic mass is 9.85. The van der Waals surface area contributed by atoms with Gasteiger partial charge in [-0.3, -0.25) is 14.4 Å². The molecule has 2 amide bonds. The van der Waals surface area contributed by atoms with Crippen molar-refractivity contribution in [2.75, 3.05) is 45.6 Å². The molecule has 0 saturated carbocycles. The van der Waals surface area contributed by atoms with Crippen molar-refractivity contribution in [3.63, 3.8) is 0 Å². The van der Waals surface area contributed by atoms with Crippen molar-refractivity contribution in [1.82, 2.24) is 19.8 Å². The fraction of sp³-hybridized carbons (Fsp3) is 0.647. The van der Waals surface area contributed by atoms with Crippen LogP contribution in [0.15, 0.2) is 16.0 Å². The van der Waals surface area contributed by atoms with Crippen LogP contribution >= 0.6 is 11.8 Å². The summed E-state index contributed by atoms with van der Waals surface area (Å²) >= 11 is 1.22. The summed E-state index contributed by atoms with van der Waals surface area (Å²) in [6.45, 7) is 4.68. The van der Waals surface area contributed by atoms with Crippen molar-refractivity contribution in [2.24, 2.45) is 5.41 Å². The van der Waals surface area contributed by atoms with Gasteiger partial charge in [0, 0.05) is 45.0 Å². The molecular weight excluding hydrogens is 356 g/mol. The van der Waals surface area contributed by atoms with Crippen LogP contribution in [0.3, 0.4) is 0 Å². The third-order valence-electron chi connectivity index (χ3n) is 5.05. The van der Waals surface area contributed by atoms with Crippen molar-refractivity contribution in [1.29, 1.82) is 0 Å². The van der Waals surface area contributed by atoms with E-state index in [2.05, 4.69) is 9.97 Å². The van der Waals surface area contributed by atoms with Gasteiger partial charge in [-0.2, -0.15) is 0 Å². The SMILES string of the molecule is COCCN1CCC2(CCN(C(=O)CSc3nc(C)cc(=O)[nH]3)C2)C1=O. The van der Waals surface area contributed by atoms with Crippen LogP contribution < -0.4 is 5.56 Å². The number of aryl methyl sites for hydroxylation is 1. The van der Waals surface area contributed by atoms with Crippen molar-refractivity contribution in [3.8, 4) is 0 Å². The predicted molar refractivity (Wildman–Crippen MR) is 97.0 cm³/mol. The molecule has 1 atom stereocenters. The van der Waals surface area contributed by atoms with Crippen LogP contribution in [0.4, 0.5) is 0 Å². The molecule has 0 aromatic carbocycles. The summed E-state index contributed by atoms with van der Waals surface area (Å²) in [4.78, 5) is 47.2. The van der Waals surface area contributed by atoms with E-state index >= 15 is 0 Å². The van der Waals surface area contributed by atoms with Gasteiger partial charge in [0.1, 0.15) is 0 Å². The number of likely N-dealkylation sites (tertiary alicyclic amines) is 2. The summed E-state index contributed by atoms with van der Waals surface area (Å²) in [6.07, 6.45) is 1.50. The van der Waals surface area contributed by atoms with Crippen LogP contribution in [0, 0.1) is 12.3 Å². The first-order valence-electron chi connectivity index (χ1n) is 8.70. The lowest BCUT2D eigenvalue weighted by Crippen LogP contribution is -2.39. The standard InChI is InChI=1S/C17H24N4O4S/c1-12-9-13(22)19-16(18-12)26-10-14(23)21-6-4-17(11-21)3-5-20(15(17)24)7-8-25-2/h9H,3-8,10-11H2,1-2H3,(H,18,19,22). The number of thioether (sulfide) groups is 1. The van der Waals surface area contributed by atoms with Gasteiger partial charge < -0.3 is 19.5 Å². The average molecular weight is 380 g/mol. The van der Waals surface area contributed by atoms with Gasteiger partial charge in [0.2, 0.25) is 11.8 Å². The summed E-state index contributed by atoms with van der Waals surface area (Å²) in [5.41, 5.74) is -0.0268. The number of hydrogen-bond acceptors (Lipinski definition) is 6. The lowest BCUT2D eigenvalue weighted by Gasteiger charge is -2.23. The third-order valence-corrected chi connectivity index (χ3v) is 5.91. The first kappa shape index (κ1) is 18.9.